The normalized spacial score (nSPS) is 20.0. The molecule has 1 fully saturated rings. The second-order valence-corrected chi connectivity index (χ2v) is 32.4. The van der Waals surface area contributed by atoms with Gasteiger partial charge in [-0.05, 0) is 0 Å². The van der Waals surface area contributed by atoms with E-state index in [4.69, 9.17) is 4.43 Å². The molecule has 1 aromatic rings. The van der Waals surface area contributed by atoms with Crippen molar-refractivity contribution >= 4 is 36.7 Å². The summed E-state index contributed by atoms with van der Waals surface area (Å²) in [5.74, 6) is 0.129. The summed E-state index contributed by atoms with van der Waals surface area (Å²) in [5.41, 5.74) is 1.07. The van der Waals surface area contributed by atoms with Crippen LogP contribution in [0.2, 0.25) is 37.4 Å². The van der Waals surface area contributed by atoms with Crippen molar-refractivity contribution in [3.8, 4) is 0 Å². The number of hydrogen-bond acceptors (Lipinski definition) is 3. The van der Waals surface area contributed by atoms with E-state index in [1.54, 1.807) is 16.4 Å². The predicted molar refractivity (Wildman–Crippen MR) is 160 cm³/mol. The Hall–Kier alpha value is -0.154. The fourth-order valence-corrected chi connectivity index (χ4v) is 23.2. The maximum absolute atomic E-state index is 13.5. The standard InChI is InChI=1S/C17H26NO3SSi.3C4H9.Sn/c1-6-7-15-12-18(13-17(15)21-23(3,4)5)22(19,20)16-10-8-14(2)9-11-16;3*1-3-4-2;/h6-11,15,17H,1,12-13H2,2-5H3;3*1,3-4H2,2H3;/b7-6-;;;;/t15-,17+;;;;/m0..../s1. The molecule has 0 bridgehead atoms. The molecule has 36 heavy (non-hydrogen) atoms. The molecule has 1 aliphatic rings. The molecule has 1 saturated heterocycles. The van der Waals surface area contributed by atoms with Gasteiger partial charge in [0.25, 0.3) is 0 Å². The Morgan fingerprint density at radius 1 is 0.944 bits per heavy atom. The summed E-state index contributed by atoms with van der Waals surface area (Å²) in [5, 5.41) is 0. The first-order chi connectivity index (χ1) is 17.0. The van der Waals surface area contributed by atoms with Crippen LogP contribution in [0.25, 0.3) is 0 Å². The van der Waals surface area contributed by atoms with Crippen LogP contribution in [0.15, 0.2) is 41.3 Å². The maximum atomic E-state index is 13.5. The minimum atomic E-state index is -3.52. The van der Waals surface area contributed by atoms with Crippen molar-refractivity contribution in [2.75, 3.05) is 13.1 Å². The van der Waals surface area contributed by atoms with Crippen LogP contribution in [0, 0.1) is 12.8 Å². The van der Waals surface area contributed by atoms with Crippen LogP contribution in [-0.4, -0.2) is 58.6 Å². The van der Waals surface area contributed by atoms with Crippen molar-refractivity contribution < 1.29 is 12.8 Å². The summed E-state index contributed by atoms with van der Waals surface area (Å²) in [7, 11) is -5.33. The Labute approximate surface area is 228 Å². The van der Waals surface area contributed by atoms with Crippen LogP contribution < -0.4 is 0 Å². The molecule has 1 aromatic carbocycles. The molecule has 0 N–H and O–H groups in total. The summed E-state index contributed by atoms with van der Waals surface area (Å²) >= 11 is -2.25. The van der Waals surface area contributed by atoms with Gasteiger partial charge >= 0.3 is 229 Å². The molecule has 0 spiro atoms. The minimum absolute atomic E-state index is 0.0559. The van der Waals surface area contributed by atoms with Gasteiger partial charge in [-0.3, -0.25) is 0 Å². The summed E-state index contributed by atoms with van der Waals surface area (Å²) in [6.45, 7) is 16.5. The van der Waals surface area contributed by atoms with E-state index >= 15 is 0 Å². The van der Waals surface area contributed by atoms with Crippen LogP contribution in [0.4, 0.5) is 0 Å². The van der Waals surface area contributed by atoms with E-state index in [-0.39, 0.29) is 12.0 Å². The van der Waals surface area contributed by atoms with Crippen LogP contribution in [-0.2, 0) is 14.4 Å². The van der Waals surface area contributed by atoms with E-state index in [1.165, 1.54) is 56.3 Å². The molecule has 2 rings (SSSR count). The molecule has 0 unspecified atom stereocenters. The van der Waals surface area contributed by atoms with E-state index in [0.717, 1.165) is 5.56 Å². The number of nitrogens with zero attached hydrogens (tertiary/aromatic N) is 1. The van der Waals surface area contributed by atoms with Crippen LogP contribution in [0.5, 0.6) is 0 Å². The Bertz CT molecular complexity index is 890. The number of sulfonamides is 1. The average molecular weight is 643 g/mol. The van der Waals surface area contributed by atoms with Crippen LogP contribution in [0.3, 0.4) is 0 Å². The number of hydrogen-bond donors (Lipinski definition) is 0. The average Bonchev–Trinajstić information content (AvgIpc) is 3.21. The van der Waals surface area contributed by atoms with Gasteiger partial charge in [0.2, 0.25) is 0 Å². The first kappa shape index (κ1) is 32.1. The number of unbranched alkanes of at least 4 members (excludes halogenated alkanes) is 3. The van der Waals surface area contributed by atoms with E-state index in [2.05, 4.69) is 52.6 Å². The third-order valence-corrected chi connectivity index (χ3v) is 25.7. The molecule has 1 aliphatic heterocycles. The third-order valence-electron chi connectivity index (χ3n) is 7.56. The Kier molecular flexibility index (Phi) is 13.2. The van der Waals surface area contributed by atoms with Gasteiger partial charge in [-0.2, -0.15) is 0 Å². The fourth-order valence-electron chi connectivity index (χ4n) is 5.41. The second kappa shape index (κ2) is 14.9. The first-order valence-corrected chi connectivity index (χ1v) is 27.3. The van der Waals surface area contributed by atoms with Crippen molar-refractivity contribution in [1.29, 1.82) is 0 Å². The zero-order chi connectivity index (χ0) is 26.8. The van der Waals surface area contributed by atoms with Crippen molar-refractivity contribution in [3.05, 3.63) is 42.0 Å². The van der Waals surface area contributed by atoms with Crippen molar-refractivity contribution in [2.24, 2.45) is 5.92 Å². The quantitative estimate of drug-likeness (QED) is 0.135. The zero-order valence-corrected chi connectivity index (χ0v) is 28.9. The Morgan fingerprint density at radius 2 is 1.47 bits per heavy atom. The molecule has 0 amide bonds. The third kappa shape index (κ3) is 9.86. The molecule has 0 radical (unpaired) electrons. The van der Waals surface area contributed by atoms with Crippen molar-refractivity contribution in [2.45, 2.75) is 115 Å². The summed E-state index contributed by atoms with van der Waals surface area (Å²) in [6, 6.07) is 7.23. The van der Waals surface area contributed by atoms with Crippen LogP contribution >= 0.6 is 0 Å². The Balaban J connectivity index is 2.25. The molecule has 206 valence electrons. The molecular formula is C29H53NO3SSiSn. The summed E-state index contributed by atoms with van der Waals surface area (Å²) in [6.07, 6.45) is 12.8. The number of allylic oxidation sites excluding steroid dienone is 1. The Morgan fingerprint density at radius 3 is 1.94 bits per heavy atom. The van der Waals surface area contributed by atoms with Gasteiger partial charge in [-0.1, -0.05) is 0 Å². The molecule has 2 atom stereocenters. The van der Waals surface area contributed by atoms with Gasteiger partial charge in [0, 0.05) is 0 Å². The molecule has 0 saturated carbocycles. The van der Waals surface area contributed by atoms with Gasteiger partial charge < -0.3 is 0 Å². The topological polar surface area (TPSA) is 46.6 Å². The van der Waals surface area contributed by atoms with Crippen molar-refractivity contribution in [3.63, 3.8) is 0 Å². The fraction of sp³-hybridized carbons (Fsp3) is 0.724. The van der Waals surface area contributed by atoms with E-state index in [0.29, 0.717) is 18.0 Å². The van der Waals surface area contributed by atoms with E-state index in [1.807, 2.05) is 19.1 Å². The van der Waals surface area contributed by atoms with Gasteiger partial charge in [0.1, 0.15) is 0 Å². The number of benzene rings is 1. The SMILES string of the molecule is CCC[CH2][Sn]([CH2]/C=C\[C@H]1CN(S(=O)(=O)c2ccc(C)cc2)C[C@H]1O[Si](C)(C)C)([CH2]CCC)[CH2]CCC. The van der Waals surface area contributed by atoms with Crippen LogP contribution in [0.1, 0.15) is 64.9 Å². The van der Waals surface area contributed by atoms with Gasteiger partial charge in [0.05, 0.1) is 0 Å². The summed E-state index contributed by atoms with van der Waals surface area (Å²) in [4.78, 5) is 0.387. The zero-order valence-electron chi connectivity index (χ0n) is 24.2. The number of aryl methyl sites for hydroxylation is 1. The van der Waals surface area contributed by atoms with E-state index in [9.17, 15) is 8.42 Å². The summed E-state index contributed by atoms with van der Waals surface area (Å²) < 4.78 is 41.0. The number of rotatable bonds is 16. The molecular weight excluding hydrogens is 589 g/mol. The molecule has 4 nitrogen and oxygen atoms in total. The van der Waals surface area contributed by atoms with E-state index < -0.39 is 36.7 Å². The molecule has 0 aromatic heterocycles. The van der Waals surface area contributed by atoms with Gasteiger partial charge in [-0.25, -0.2) is 0 Å². The molecule has 0 aliphatic carbocycles. The van der Waals surface area contributed by atoms with Crippen molar-refractivity contribution in [1.82, 2.24) is 4.31 Å². The predicted octanol–water partition coefficient (Wildman–Crippen LogP) is 8.24. The first-order valence-electron chi connectivity index (χ1n) is 14.4. The van der Waals surface area contributed by atoms with Gasteiger partial charge in [0.15, 0.2) is 0 Å². The second-order valence-electron chi connectivity index (χ2n) is 12.0. The molecule has 7 heteroatoms. The molecule has 1 heterocycles. The van der Waals surface area contributed by atoms with Gasteiger partial charge in [-0.15, -0.1) is 0 Å². The monoisotopic (exact) mass is 643 g/mol.